The molecule has 1 aliphatic carbocycles. The Balaban J connectivity index is 2.03. The van der Waals surface area contributed by atoms with Crippen molar-refractivity contribution in [2.75, 3.05) is 13.7 Å². The zero-order valence-electron chi connectivity index (χ0n) is 14.6. The molecule has 1 amide bonds. The molecule has 1 fully saturated rings. The van der Waals surface area contributed by atoms with Gasteiger partial charge in [0.15, 0.2) is 6.61 Å². The first-order valence-electron chi connectivity index (χ1n) is 8.18. The van der Waals surface area contributed by atoms with Crippen molar-refractivity contribution in [2.24, 2.45) is 5.92 Å². The summed E-state index contributed by atoms with van der Waals surface area (Å²) < 4.78 is 40.7. The third kappa shape index (κ3) is 4.39. The fourth-order valence-electron chi connectivity index (χ4n) is 3.07. The highest BCUT2D eigenvalue weighted by atomic mass is 19.3. The molecule has 1 N–H and O–H groups in total. The highest BCUT2D eigenvalue weighted by Crippen LogP contribution is 2.36. The number of hydrogen-bond acceptors (Lipinski definition) is 6. The molecule has 7 nitrogen and oxygen atoms in total. The minimum absolute atomic E-state index is 0.0485. The number of nitrogens with one attached hydrogen (secondary N) is 1. The number of alkyl halides is 2. The Labute approximate surface area is 148 Å². The third-order valence-electron chi connectivity index (χ3n) is 4.55. The molecule has 0 atom stereocenters. The van der Waals surface area contributed by atoms with Gasteiger partial charge in [-0.2, -0.15) is 0 Å². The van der Waals surface area contributed by atoms with Crippen molar-refractivity contribution in [3.8, 4) is 5.75 Å². The van der Waals surface area contributed by atoms with Gasteiger partial charge < -0.3 is 19.2 Å². The van der Waals surface area contributed by atoms with E-state index in [-0.39, 0.29) is 37.2 Å². The van der Waals surface area contributed by atoms with Crippen LogP contribution in [0.25, 0.3) is 0 Å². The second-order valence-corrected chi connectivity index (χ2v) is 6.25. The predicted molar refractivity (Wildman–Crippen MR) is 86.1 cm³/mol. The van der Waals surface area contributed by atoms with Crippen molar-refractivity contribution < 1.29 is 32.3 Å². The maximum atomic E-state index is 12.8. The van der Waals surface area contributed by atoms with Gasteiger partial charge in [-0.05, 0) is 32.6 Å². The number of ether oxygens (including phenoxy) is 2. The third-order valence-corrected chi connectivity index (χ3v) is 4.55. The SMILES string of the molecule is COC(=O)C1(NC(=O)COc2c(C)occc2=O)CCC(C(F)F)CC1. The average molecular weight is 373 g/mol. The van der Waals surface area contributed by atoms with Crippen LogP contribution in [0.1, 0.15) is 31.4 Å². The van der Waals surface area contributed by atoms with Gasteiger partial charge in [-0.3, -0.25) is 9.59 Å². The van der Waals surface area contributed by atoms with Gasteiger partial charge in [-0.15, -0.1) is 0 Å². The number of aryl methyl sites for hydroxylation is 1. The summed E-state index contributed by atoms with van der Waals surface area (Å²) in [6, 6.07) is 1.15. The Bertz CT molecular complexity index is 709. The number of methoxy groups -OCH3 is 1. The van der Waals surface area contributed by atoms with Crippen LogP contribution in [0.2, 0.25) is 0 Å². The van der Waals surface area contributed by atoms with Crippen LogP contribution in [0.3, 0.4) is 0 Å². The molecule has 0 radical (unpaired) electrons. The lowest BCUT2D eigenvalue weighted by molar-refractivity contribution is -0.154. The lowest BCUT2D eigenvalue weighted by atomic mass is 9.76. The van der Waals surface area contributed by atoms with Crippen LogP contribution in [0.5, 0.6) is 5.75 Å². The normalized spacial score (nSPS) is 22.7. The van der Waals surface area contributed by atoms with Gasteiger partial charge >= 0.3 is 5.97 Å². The smallest absolute Gasteiger partial charge is 0.331 e. The molecule has 0 aliphatic heterocycles. The van der Waals surface area contributed by atoms with Gasteiger partial charge in [0.05, 0.1) is 13.4 Å². The maximum Gasteiger partial charge on any atom is 0.331 e. The molecular formula is C17H21F2NO6. The number of carbonyl (C=O) groups is 2. The molecule has 0 aromatic carbocycles. The van der Waals surface area contributed by atoms with Gasteiger partial charge in [-0.1, -0.05) is 0 Å². The molecule has 1 aliphatic rings. The van der Waals surface area contributed by atoms with E-state index in [0.29, 0.717) is 0 Å². The Morgan fingerprint density at radius 2 is 2.04 bits per heavy atom. The number of halogens is 2. The number of hydrogen-bond donors (Lipinski definition) is 1. The first-order chi connectivity index (χ1) is 12.3. The molecule has 0 unspecified atom stereocenters. The molecule has 0 bridgehead atoms. The highest BCUT2D eigenvalue weighted by Gasteiger charge is 2.45. The topological polar surface area (TPSA) is 94.8 Å². The second kappa shape index (κ2) is 8.29. The monoisotopic (exact) mass is 373 g/mol. The Morgan fingerprint density at radius 3 is 2.58 bits per heavy atom. The fraction of sp³-hybridized carbons (Fsp3) is 0.588. The Hall–Kier alpha value is -2.45. The number of amides is 1. The van der Waals surface area contributed by atoms with Crippen LogP contribution in [0, 0.1) is 12.8 Å². The van der Waals surface area contributed by atoms with Crippen LogP contribution in [-0.2, 0) is 14.3 Å². The molecule has 0 spiro atoms. The fourth-order valence-corrected chi connectivity index (χ4v) is 3.07. The van der Waals surface area contributed by atoms with Crippen molar-refractivity contribution >= 4 is 11.9 Å². The average Bonchev–Trinajstić information content (AvgIpc) is 2.61. The quantitative estimate of drug-likeness (QED) is 0.765. The highest BCUT2D eigenvalue weighted by molar-refractivity contribution is 5.88. The molecule has 144 valence electrons. The summed E-state index contributed by atoms with van der Waals surface area (Å²) in [6.07, 6.45) is -0.979. The van der Waals surface area contributed by atoms with E-state index in [1.807, 2.05) is 0 Å². The van der Waals surface area contributed by atoms with Crippen LogP contribution in [0.15, 0.2) is 21.5 Å². The number of rotatable bonds is 6. The summed E-state index contributed by atoms with van der Waals surface area (Å²) in [7, 11) is 1.17. The van der Waals surface area contributed by atoms with E-state index in [9.17, 15) is 23.2 Å². The molecule has 0 saturated heterocycles. The summed E-state index contributed by atoms with van der Waals surface area (Å²) in [5.74, 6) is -2.04. The predicted octanol–water partition coefficient (Wildman–Crippen LogP) is 1.81. The molecule has 26 heavy (non-hydrogen) atoms. The number of carbonyl (C=O) groups excluding carboxylic acids is 2. The Morgan fingerprint density at radius 1 is 1.38 bits per heavy atom. The summed E-state index contributed by atoms with van der Waals surface area (Å²) in [5, 5.41) is 2.54. The van der Waals surface area contributed by atoms with Crippen LogP contribution in [0.4, 0.5) is 8.78 Å². The van der Waals surface area contributed by atoms with Crippen molar-refractivity contribution in [1.29, 1.82) is 0 Å². The van der Waals surface area contributed by atoms with E-state index in [1.165, 1.54) is 20.3 Å². The van der Waals surface area contributed by atoms with Gasteiger partial charge in [0.25, 0.3) is 5.91 Å². The van der Waals surface area contributed by atoms with Crippen molar-refractivity contribution in [2.45, 2.75) is 44.6 Å². The zero-order chi connectivity index (χ0) is 19.3. The van der Waals surface area contributed by atoms with Gasteiger partial charge in [-0.25, -0.2) is 13.6 Å². The summed E-state index contributed by atoms with van der Waals surface area (Å²) in [5.41, 5.74) is -1.81. The summed E-state index contributed by atoms with van der Waals surface area (Å²) in [4.78, 5) is 36.1. The summed E-state index contributed by atoms with van der Waals surface area (Å²) >= 11 is 0. The van der Waals surface area contributed by atoms with E-state index in [1.54, 1.807) is 0 Å². The Kier molecular flexibility index (Phi) is 6.33. The van der Waals surface area contributed by atoms with Gasteiger partial charge in [0.2, 0.25) is 17.6 Å². The maximum absolute atomic E-state index is 12.8. The molecule has 1 aromatic heterocycles. The van der Waals surface area contributed by atoms with Crippen LogP contribution >= 0.6 is 0 Å². The molecular weight excluding hydrogens is 352 g/mol. The largest absolute Gasteiger partial charge is 0.476 e. The minimum Gasteiger partial charge on any atom is -0.476 e. The van der Waals surface area contributed by atoms with Crippen molar-refractivity contribution in [3.63, 3.8) is 0 Å². The first kappa shape index (κ1) is 19.9. The van der Waals surface area contributed by atoms with E-state index in [0.717, 1.165) is 6.07 Å². The molecule has 2 rings (SSSR count). The van der Waals surface area contributed by atoms with E-state index in [4.69, 9.17) is 13.9 Å². The van der Waals surface area contributed by atoms with E-state index in [2.05, 4.69) is 5.32 Å². The zero-order valence-corrected chi connectivity index (χ0v) is 14.6. The molecule has 1 heterocycles. The molecule has 1 saturated carbocycles. The standard InChI is InChI=1S/C17H21F2NO6/c1-10-14(12(21)5-8-25-10)26-9-13(22)20-17(16(23)24-2)6-3-11(4-7-17)15(18)19/h5,8,11,15H,3-4,6-7,9H2,1-2H3,(H,20,22). The van der Waals surface area contributed by atoms with Crippen LogP contribution < -0.4 is 15.5 Å². The first-order valence-corrected chi connectivity index (χ1v) is 8.18. The minimum atomic E-state index is -2.47. The lowest BCUT2D eigenvalue weighted by Gasteiger charge is -2.38. The van der Waals surface area contributed by atoms with E-state index < -0.39 is 41.8 Å². The van der Waals surface area contributed by atoms with Crippen molar-refractivity contribution in [1.82, 2.24) is 5.32 Å². The van der Waals surface area contributed by atoms with Gasteiger partial charge in [0, 0.05) is 12.0 Å². The molecule has 9 heteroatoms. The number of esters is 1. The van der Waals surface area contributed by atoms with Gasteiger partial charge in [0.1, 0.15) is 11.3 Å². The van der Waals surface area contributed by atoms with E-state index >= 15 is 0 Å². The summed E-state index contributed by atoms with van der Waals surface area (Å²) in [6.45, 7) is 0.989. The second-order valence-electron chi connectivity index (χ2n) is 6.25. The van der Waals surface area contributed by atoms with Crippen LogP contribution in [-0.4, -0.2) is 37.6 Å². The van der Waals surface area contributed by atoms with Crippen molar-refractivity contribution in [3.05, 3.63) is 28.3 Å². The lowest BCUT2D eigenvalue weighted by Crippen LogP contribution is -2.58. The molecule has 1 aromatic rings.